The highest BCUT2D eigenvalue weighted by atomic mass is 16.5. The summed E-state index contributed by atoms with van der Waals surface area (Å²) in [6, 6.07) is 3.88. The number of ketones is 1. The Labute approximate surface area is 314 Å². The van der Waals surface area contributed by atoms with E-state index in [0.29, 0.717) is 61.8 Å². The Morgan fingerprint density at radius 3 is 1.78 bits per heavy atom. The van der Waals surface area contributed by atoms with Crippen LogP contribution in [0.2, 0.25) is 0 Å². The number of nitrogens with two attached hydrogens (primary N) is 1. The van der Waals surface area contributed by atoms with Crippen LogP contribution in [0.4, 0.5) is 11.6 Å². The van der Waals surface area contributed by atoms with E-state index in [0.717, 1.165) is 110 Å². The lowest BCUT2D eigenvalue weighted by atomic mass is 9.97. The molecule has 0 saturated carbocycles. The van der Waals surface area contributed by atoms with E-state index in [2.05, 4.69) is 45.1 Å². The summed E-state index contributed by atoms with van der Waals surface area (Å²) in [6.45, 7) is 6.81. The third-order valence-corrected chi connectivity index (χ3v) is 10.4. The minimum Gasteiger partial charge on any atom is -0.476 e. The number of carboxylic acid groups (broad SMARTS) is 1. The SMILES string of the molecule is NCCC1COC1.O=C(CCCC1COC1)c1noc2c1CN(c1ncnc3[nH]ccc13)CC2.O=C(O)c1noc2c1CN(c1ncnc3[nH]ccc13)CC2. The number of carbonyl (C=O) groups excluding carboxylic acids is 1. The second-order valence-corrected chi connectivity index (χ2v) is 14.1. The van der Waals surface area contributed by atoms with Gasteiger partial charge in [0.25, 0.3) is 0 Å². The summed E-state index contributed by atoms with van der Waals surface area (Å²) in [4.78, 5) is 51.4. The van der Waals surface area contributed by atoms with Crippen LogP contribution in [0.3, 0.4) is 0 Å². The Morgan fingerprint density at radius 1 is 0.764 bits per heavy atom. The molecule has 2 saturated heterocycles. The van der Waals surface area contributed by atoms with Crippen molar-refractivity contribution in [1.82, 2.24) is 40.2 Å². The van der Waals surface area contributed by atoms with Gasteiger partial charge < -0.3 is 49.1 Å². The molecule has 10 rings (SSSR count). The summed E-state index contributed by atoms with van der Waals surface area (Å²) in [7, 11) is 0. The third-order valence-electron chi connectivity index (χ3n) is 10.4. The number of aromatic amines is 2. The van der Waals surface area contributed by atoms with Crippen molar-refractivity contribution in [2.24, 2.45) is 17.6 Å². The number of fused-ring (bicyclic) bond motifs is 4. The summed E-state index contributed by atoms with van der Waals surface area (Å²) in [5, 5.41) is 18.8. The fourth-order valence-corrected chi connectivity index (χ4v) is 7.20. The fraction of sp³-hybridized carbons (Fsp3) is 0.459. The van der Waals surface area contributed by atoms with Gasteiger partial charge in [-0.1, -0.05) is 10.3 Å². The van der Waals surface area contributed by atoms with Gasteiger partial charge in [0.1, 0.15) is 47.1 Å². The molecule has 4 aliphatic heterocycles. The number of aromatic carboxylic acids is 1. The molecule has 18 heteroatoms. The van der Waals surface area contributed by atoms with Gasteiger partial charge in [0.05, 0.1) is 50.3 Å². The maximum atomic E-state index is 12.7. The van der Waals surface area contributed by atoms with Crippen molar-refractivity contribution in [1.29, 1.82) is 0 Å². The summed E-state index contributed by atoms with van der Waals surface area (Å²) < 4.78 is 20.7. The van der Waals surface area contributed by atoms with Gasteiger partial charge in [-0.2, -0.15) is 0 Å². The molecule has 0 radical (unpaired) electrons. The predicted molar refractivity (Wildman–Crippen MR) is 198 cm³/mol. The predicted octanol–water partition coefficient (Wildman–Crippen LogP) is 3.70. The monoisotopic (exact) mass is 753 g/mol. The number of carbonyl (C=O) groups is 2. The minimum absolute atomic E-state index is 0.0194. The molecule has 0 unspecified atom stereocenters. The Morgan fingerprint density at radius 2 is 1.29 bits per heavy atom. The summed E-state index contributed by atoms with van der Waals surface area (Å²) >= 11 is 0. The first-order valence-corrected chi connectivity index (χ1v) is 18.6. The number of anilines is 2. The molecule has 18 nitrogen and oxygen atoms in total. The molecule has 6 aromatic heterocycles. The van der Waals surface area contributed by atoms with Crippen molar-refractivity contribution in [2.75, 3.05) is 55.9 Å². The van der Waals surface area contributed by atoms with Crippen molar-refractivity contribution >= 4 is 45.5 Å². The number of ether oxygens (including phenoxy) is 2. The van der Waals surface area contributed by atoms with Crippen LogP contribution in [0, 0.1) is 11.8 Å². The second-order valence-electron chi connectivity index (χ2n) is 14.1. The number of nitrogens with one attached hydrogen (secondary N) is 2. The highest BCUT2D eigenvalue weighted by Gasteiger charge is 2.30. The number of carboxylic acids is 1. The molecule has 0 aliphatic carbocycles. The van der Waals surface area contributed by atoms with E-state index in [1.54, 1.807) is 12.5 Å². The number of hydrogen-bond acceptors (Lipinski definition) is 15. The molecule has 5 N–H and O–H groups in total. The first kappa shape index (κ1) is 36.3. The van der Waals surface area contributed by atoms with Crippen LogP contribution in [0.15, 0.2) is 46.2 Å². The lowest BCUT2D eigenvalue weighted by Crippen LogP contribution is -2.31. The van der Waals surface area contributed by atoms with Gasteiger partial charge in [-0.15, -0.1) is 0 Å². The van der Waals surface area contributed by atoms with Gasteiger partial charge in [0.15, 0.2) is 17.2 Å². The summed E-state index contributed by atoms with van der Waals surface area (Å²) in [5.41, 5.74) is 8.84. The third kappa shape index (κ3) is 7.78. The zero-order valence-electron chi connectivity index (χ0n) is 30.3. The molecular weight excluding hydrogens is 710 g/mol. The highest BCUT2D eigenvalue weighted by molar-refractivity contribution is 5.96. The van der Waals surface area contributed by atoms with Gasteiger partial charge >= 0.3 is 5.97 Å². The topological polar surface area (TPSA) is 241 Å². The van der Waals surface area contributed by atoms with E-state index < -0.39 is 5.97 Å². The Hall–Kier alpha value is -5.72. The molecule has 0 amide bonds. The van der Waals surface area contributed by atoms with E-state index in [1.807, 2.05) is 23.2 Å². The smallest absolute Gasteiger partial charge is 0.358 e. The van der Waals surface area contributed by atoms with E-state index in [9.17, 15) is 9.59 Å². The van der Waals surface area contributed by atoms with E-state index in [-0.39, 0.29) is 11.5 Å². The van der Waals surface area contributed by atoms with Gasteiger partial charge in [-0.3, -0.25) is 4.79 Å². The van der Waals surface area contributed by atoms with Crippen molar-refractivity contribution in [3.63, 3.8) is 0 Å². The van der Waals surface area contributed by atoms with Gasteiger partial charge in [0, 0.05) is 67.7 Å². The van der Waals surface area contributed by atoms with Crippen molar-refractivity contribution in [3.8, 4) is 0 Å². The molecule has 0 bridgehead atoms. The highest BCUT2D eigenvalue weighted by Crippen LogP contribution is 2.31. The normalized spacial score (nSPS) is 16.7. The molecule has 288 valence electrons. The first-order chi connectivity index (χ1) is 27.0. The second kappa shape index (κ2) is 16.3. The minimum atomic E-state index is -1.07. The Balaban J connectivity index is 0.000000135. The van der Waals surface area contributed by atoms with Crippen molar-refractivity contribution in [2.45, 2.75) is 51.6 Å². The summed E-state index contributed by atoms with van der Waals surface area (Å²) in [5.74, 6) is 3.50. The van der Waals surface area contributed by atoms with Gasteiger partial charge in [-0.25, -0.2) is 24.7 Å². The zero-order valence-corrected chi connectivity index (χ0v) is 30.3. The molecule has 0 aromatic carbocycles. The number of H-pyrrole nitrogens is 2. The van der Waals surface area contributed by atoms with Crippen LogP contribution in [0.1, 0.15) is 69.3 Å². The van der Waals surface area contributed by atoms with Crippen LogP contribution < -0.4 is 15.5 Å². The van der Waals surface area contributed by atoms with Gasteiger partial charge in [-0.05, 0) is 37.9 Å². The van der Waals surface area contributed by atoms with E-state index in [1.165, 1.54) is 6.33 Å². The number of Topliss-reactive ketones (excluding diaryl/α,β-unsaturated/α-hetero) is 1. The average Bonchev–Trinajstić information content (AvgIpc) is 3.99. The van der Waals surface area contributed by atoms with Crippen LogP contribution in [0.5, 0.6) is 0 Å². The molecular formula is C37H43N11O7. The van der Waals surface area contributed by atoms with Crippen LogP contribution in [-0.2, 0) is 35.4 Å². The lowest BCUT2D eigenvalue weighted by molar-refractivity contribution is -0.0362. The van der Waals surface area contributed by atoms with Crippen molar-refractivity contribution in [3.05, 3.63) is 71.2 Å². The zero-order chi connectivity index (χ0) is 37.7. The quantitative estimate of drug-likeness (QED) is 0.146. The summed E-state index contributed by atoms with van der Waals surface area (Å²) in [6.07, 6.45) is 11.6. The number of nitrogens with zero attached hydrogens (tertiary/aromatic N) is 8. The first-order valence-electron chi connectivity index (χ1n) is 18.6. The molecule has 0 spiro atoms. The largest absolute Gasteiger partial charge is 0.476 e. The van der Waals surface area contributed by atoms with E-state index in [4.69, 9.17) is 29.4 Å². The van der Waals surface area contributed by atoms with Crippen molar-refractivity contribution < 1.29 is 33.2 Å². The number of rotatable bonds is 10. The molecule has 4 aliphatic rings. The Kier molecular flexibility index (Phi) is 10.8. The maximum Gasteiger partial charge on any atom is 0.358 e. The van der Waals surface area contributed by atoms with Gasteiger partial charge in [0.2, 0.25) is 0 Å². The molecule has 0 atom stereocenters. The maximum absolute atomic E-state index is 12.7. The Bertz CT molecular complexity index is 2250. The average molecular weight is 754 g/mol. The molecule has 10 heterocycles. The molecule has 6 aromatic rings. The molecule has 55 heavy (non-hydrogen) atoms. The lowest BCUT2D eigenvalue weighted by Gasteiger charge is -2.27. The van der Waals surface area contributed by atoms with Crippen LogP contribution in [0.25, 0.3) is 22.1 Å². The van der Waals surface area contributed by atoms with E-state index >= 15 is 0 Å². The molecule has 2 fully saturated rings. The number of aromatic nitrogens is 8. The van der Waals surface area contributed by atoms with Crippen LogP contribution >= 0.6 is 0 Å². The van der Waals surface area contributed by atoms with Crippen LogP contribution in [-0.4, -0.2) is 103 Å². The standard InChI is InChI=1S/C19H21N5O3.C13H11N5O3.C5H11NO/c25-15(3-1-2-12-9-26-10-12)17-14-8-24(7-5-16(14)27-23-17)19-13-4-6-20-18(13)21-11-22-19;19-13(20)10-8-5-18(4-2-9(8)21-17-10)12-7-1-3-14-11(7)15-6-16-12;6-2-1-5-3-7-4-5/h4,6,11-12H,1-3,5,7-10H2,(H,20,21,22);1,3,6H,2,4-5H2,(H,19,20)(H,14,15,16);5H,1-4,6H2. The number of hydrogen-bond donors (Lipinski definition) is 4. The fourth-order valence-electron chi connectivity index (χ4n) is 7.20.